The summed E-state index contributed by atoms with van der Waals surface area (Å²) < 4.78 is 2.97. The lowest BCUT2D eigenvalue weighted by molar-refractivity contribution is -0.109. The van der Waals surface area contributed by atoms with Gasteiger partial charge < -0.3 is 0 Å². The zero-order valence-electron chi connectivity index (χ0n) is 16.0. The van der Waals surface area contributed by atoms with E-state index < -0.39 is 0 Å². The van der Waals surface area contributed by atoms with Crippen LogP contribution in [-0.4, -0.2) is 21.5 Å². The molecule has 0 saturated carbocycles. The van der Waals surface area contributed by atoms with Crippen LogP contribution in [0.1, 0.15) is 11.1 Å². The second-order valence-electron chi connectivity index (χ2n) is 5.86. The second kappa shape index (κ2) is 9.58. The molecule has 0 fully saturated rings. The Morgan fingerprint density at radius 3 is 2.57 bits per heavy atom. The largest absolute Gasteiger partial charge is 0.277 e. The van der Waals surface area contributed by atoms with Crippen molar-refractivity contribution < 1.29 is 4.79 Å². The van der Waals surface area contributed by atoms with E-state index in [0.29, 0.717) is 27.9 Å². The molecule has 7 nitrogen and oxygen atoms in total. The molecule has 144 valence electrons. The number of carbonyl (C=O) groups is 1. The van der Waals surface area contributed by atoms with E-state index in [-0.39, 0.29) is 11.3 Å². The van der Waals surface area contributed by atoms with Gasteiger partial charge in [-0.05, 0) is 18.6 Å². The minimum absolute atomic E-state index is 0.187. The minimum Gasteiger partial charge on any atom is -0.277 e. The van der Waals surface area contributed by atoms with Crippen molar-refractivity contribution in [1.29, 1.82) is 5.26 Å². The third-order valence-electron chi connectivity index (χ3n) is 4.11. The van der Waals surface area contributed by atoms with Gasteiger partial charge in [-0.1, -0.05) is 42.5 Å². The van der Waals surface area contributed by atoms with Gasteiger partial charge in [0.05, 0.1) is 17.4 Å². The van der Waals surface area contributed by atoms with Crippen LogP contribution in [0.15, 0.2) is 52.9 Å². The second-order valence-corrected chi connectivity index (χ2v) is 6.88. The molecule has 0 spiro atoms. The van der Waals surface area contributed by atoms with Gasteiger partial charge in [-0.3, -0.25) is 19.0 Å². The Morgan fingerprint density at radius 2 is 2.00 bits per heavy atom. The molecule has 28 heavy (non-hydrogen) atoms. The number of nitriles is 1. The van der Waals surface area contributed by atoms with E-state index in [0.717, 1.165) is 11.1 Å². The van der Waals surface area contributed by atoms with Gasteiger partial charge in [0.15, 0.2) is 5.49 Å². The van der Waals surface area contributed by atoms with Gasteiger partial charge in [0.2, 0.25) is 6.41 Å². The van der Waals surface area contributed by atoms with E-state index in [9.17, 15) is 9.59 Å². The number of benzene rings is 1. The average molecular weight is 395 g/mol. The van der Waals surface area contributed by atoms with Crippen LogP contribution in [0.5, 0.6) is 0 Å². The molecule has 0 atom stereocenters. The molecule has 0 bridgehead atoms. The standard InChI is InChI=1S/C20H21N5O2S/c1-5-6-16(28-12-11-21)18-17(15-9-7-14(2)8-10-15)20(27)25(4)24(3)19(18)23-22-13-26/h5-10,13H,1,12H2,2-4H3,(H,22,26)/b16-6-,23-19-. The SMILES string of the molecule is C=C/C=C(\SCC#N)c1c(-c2ccc(C)cc2)c(=O)n(C)n(C)/c1=N\NC=O. The third kappa shape index (κ3) is 4.32. The maximum atomic E-state index is 13.2. The van der Waals surface area contributed by atoms with Crippen LogP contribution in [0.2, 0.25) is 0 Å². The molecule has 0 aliphatic heterocycles. The number of thioether (sulfide) groups is 1. The van der Waals surface area contributed by atoms with Crippen molar-refractivity contribution in [1.82, 2.24) is 14.8 Å². The number of nitrogens with zero attached hydrogens (tertiary/aromatic N) is 4. The van der Waals surface area contributed by atoms with E-state index >= 15 is 0 Å². The van der Waals surface area contributed by atoms with Crippen LogP contribution in [0.4, 0.5) is 0 Å². The third-order valence-corrected chi connectivity index (χ3v) is 5.03. The fraction of sp³-hybridized carbons (Fsp3) is 0.200. The number of carbonyl (C=O) groups excluding carboxylic acids is 1. The Balaban J connectivity index is 3.03. The zero-order valence-corrected chi connectivity index (χ0v) is 16.8. The quantitative estimate of drug-likeness (QED) is 0.441. The van der Waals surface area contributed by atoms with Crippen molar-refractivity contribution in [2.75, 3.05) is 5.75 Å². The molecule has 8 heteroatoms. The van der Waals surface area contributed by atoms with Crippen LogP contribution in [0, 0.1) is 18.3 Å². The van der Waals surface area contributed by atoms with Crippen LogP contribution < -0.4 is 16.5 Å². The predicted octanol–water partition coefficient (Wildman–Crippen LogP) is 2.04. The minimum atomic E-state index is -0.223. The van der Waals surface area contributed by atoms with Crippen LogP contribution in [0.3, 0.4) is 0 Å². The van der Waals surface area contributed by atoms with E-state index in [2.05, 4.69) is 23.2 Å². The first kappa shape index (κ1) is 21.0. The number of hydrogen-bond donors (Lipinski definition) is 1. The molecule has 0 aliphatic carbocycles. The number of aromatic nitrogens is 2. The van der Waals surface area contributed by atoms with E-state index in [1.54, 1.807) is 30.9 Å². The van der Waals surface area contributed by atoms with E-state index in [1.807, 2.05) is 31.2 Å². The summed E-state index contributed by atoms with van der Waals surface area (Å²) >= 11 is 1.27. The smallest absolute Gasteiger partial charge is 0.273 e. The van der Waals surface area contributed by atoms with Crippen LogP contribution >= 0.6 is 11.8 Å². The lowest BCUT2D eigenvalue weighted by atomic mass is 10.0. The molecule has 1 aromatic heterocycles. The van der Waals surface area contributed by atoms with Gasteiger partial charge in [0, 0.05) is 24.6 Å². The molecule has 1 aromatic carbocycles. The number of nitrogens with one attached hydrogen (secondary N) is 1. The Hall–Kier alpha value is -3.31. The maximum Gasteiger partial charge on any atom is 0.273 e. The number of amides is 1. The molecule has 1 N–H and O–H groups in total. The van der Waals surface area contributed by atoms with Crippen molar-refractivity contribution in [2.45, 2.75) is 6.92 Å². The normalized spacial score (nSPS) is 11.8. The summed E-state index contributed by atoms with van der Waals surface area (Å²) in [7, 11) is 3.30. The molecule has 1 heterocycles. The highest BCUT2D eigenvalue weighted by molar-refractivity contribution is 8.08. The summed E-state index contributed by atoms with van der Waals surface area (Å²) in [5.74, 6) is 0.187. The lowest BCUT2D eigenvalue weighted by Gasteiger charge is -2.18. The summed E-state index contributed by atoms with van der Waals surface area (Å²) in [6.07, 6.45) is 3.78. The lowest BCUT2D eigenvalue weighted by Crippen LogP contribution is -2.40. The van der Waals surface area contributed by atoms with Crippen molar-refractivity contribution in [3.8, 4) is 17.2 Å². The topological polar surface area (TPSA) is 92.2 Å². The first-order chi connectivity index (χ1) is 13.5. The Morgan fingerprint density at radius 1 is 1.32 bits per heavy atom. The number of hydrogen-bond acceptors (Lipinski definition) is 5. The monoisotopic (exact) mass is 395 g/mol. The Bertz CT molecular complexity index is 1090. The van der Waals surface area contributed by atoms with Gasteiger partial charge in [-0.15, -0.1) is 11.8 Å². The van der Waals surface area contributed by atoms with Gasteiger partial charge in [-0.2, -0.15) is 10.4 Å². The highest BCUT2D eigenvalue weighted by Gasteiger charge is 2.20. The van der Waals surface area contributed by atoms with Crippen molar-refractivity contribution in [2.24, 2.45) is 19.2 Å². The summed E-state index contributed by atoms with van der Waals surface area (Å²) in [6, 6.07) is 9.67. The van der Waals surface area contributed by atoms with Crippen LogP contribution in [-0.2, 0) is 18.9 Å². The van der Waals surface area contributed by atoms with Crippen molar-refractivity contribution >= 4 is 23.1 Å². The fourth-order valence-corrected chi connectivity index (χ4v) is 3.43. The van der Waals surface area contributed by atoms with Crippen molar-refractivity contribution in [3.05, 3.63) is 70.0 Å². The first-order valence-corrected chi connectivity index (χ1v) is 9.37. The molecule has 0 unspecified atom stereocenters. The Labute approximate surface area is 167 Å². The summed E-state index contributed by atoms with van der Waals surface area (Å²) in [6.45, 7) is 5.70. The van der Waals surface area contributed by atoms with Gasteiger partial charge in [0.25, 0.3) is 5.56 Å². The number of rotatable bonds is 7. The van der Waals surface area contributed by atoms with E-state index in [4.69, 9.17) is 5.26 Å². The molecule has 0 saturated heterocycles. The number of allylic oxidation sites excluding steroid dienone is 2. The molecular weight excluding hydrogens is 374 g/mol. The highest BCUT2D eigenvalue weighted by Crippen LogP contribution is 2.31. The summed E-state index contributed by atoms with van der Waals surface area (Å²) in [4.78, 5) is 24.7. The van der Waals surface area contributed by atoms with Crippen LogP contribution in [0.25, 0.3) is 16.0 Å². The average Bonchev–Trinajstić information content (AvgIpc) is 2.69. The first-order valence-electron chi connectivity index (χ1n) is 8.39. The molecule has 2 aromatic rings. The highest BCUT2D eigenvalue weighted by atomic mass is 32.2. The molecule has 0 aliphatic rings. The molecule has 0 radical (unpaired) electrons. The number of aryl methyl sites for hydroxylation is 1. The zero-order chi connectivity index (χ0) is 20.7. The predicted molar refractivity (Wildman–Crippen MR) is 112 cm³/mol. The van der Waals surface area contributed by atoms with Gasteiger partial charge >= 0.3 is 0 Å². The molecule has 1 amide bonds. The summed E-state index contributed by atoms with van der Waals surface area (Å²) in [5.41, 5.74) is 5.22. The van der Waals surface area contributed by atoms with Gasteiger partial charge in [-0.25, -0.2) is 5.43 Å². The fourth-order valence-electron chi connectivity index (χ4n) is 2.68. The Kier molecular flexibility index (Phi) is 7.18. The van der Waals surface area contributed by atoms with Gasteiger partial charge in [0.1, 0.15) is 0 Å². The molecule has 2 rings (SSSR count). The summed E-state index contributed by atoms with van der Waals surface area (Å²) in [5, 5.41) is 13.2. The van der Waals surface area contributed by atoms with Crippen molar-refractivity contribution in [3.63, 3.8) is 0 Å². The van der Waals surface area contributed by atoms with E-state index in [1.165, 1.54) is 16.4 Å². The molecular formula is C20H21N5O2S. The maximum absolute atomic E-state index is 13.2.